The van der Waals surface area contributed by atoms with Crippen molar-refractivity contribution in [1.29, 1.82) is 0 Å². The number of hydrogen-bond donors (Lipinski definition) is 3. The number of unbranched alkanes of at least 4 members (excludes halogenated alkanes) is 2. The zero-order chi connectivity index (χ0) is 16.4. The number of nitrogens with two attached hydrogens (primary N) is 1. The van der Waals surface area contributed by atoms with Crippen molar-refractivity contribution in [3.05, 3.63) is 18.2 Å². The molecule has 1 fully saturated rings. The molecular weight excluding hydrogens is 298 g/mol. The number of anilines is 1. The molecule has 8 nitrogen and oxygen atoms in total. The highest BCUT2D eigenvalue weighted by molar-refractivity contribution is 5.82. The second-order valence-electron chi connectivity index (χ2n) is 5.62. The van der Waals surface area contributed by atoms with Gasteiger partial charge in [-0.05, 0) is 12.5 Å². The Hall–Kier alpha value is -2.03. The van der Waals surface area contributed by atoms with Crippen LogP contribution >= 0.6 is 0 Å². The smallest absolute Gasteiger partial charge is 0.168 e. The summed E-state index contributed by atoms with van der Waals surface area (Å²) in [5.74, 6) is 0.762. The summed E-state index contributed by atoms with van der Waals surface area (Å²) in [6.07, 6.45) is 5.81. The van der Waals surface area contributed by atoms with Crippen molar-refractivity contribution in [2.24, 2.45) is 0 Å². The Morgan fingerprint density at radius 1 is 1.43 bits per heavy atom. The van der Waals surface area contributed by atoms with Crippen LogP contribution in [0.2, 0.25) is 0 Å². The Labute approximate surface area is 133 Å². The average Bonchev–Trinajstić information content (AvgIpc) is 3.09. The number of imidazole rings is 1. The maximum Gasteiger partial charge on any atom is 0.168 e. The molecule has 8 heteroatoms. The quantitative estimate of drug-likeness (QED) is 0.699. The van der Waals surface area contributed by atoms with E-state index in [1.807, 2.05) is 12.2 Å². The predicted molar refractivity (Wildman–Crippen MR) is 85.3 cm³/mol. The minimum atomic E-state index is -1.04. The van der Waals surface area contributed by atoms with E-state index in [9.17, 15) is 10.2 Å². The van der Waals surface area contributed by atoms with Crippen molar-refractivity contribution in [3.63, 3.8) is 0 Å². The highest BCUT2D eigenvalue weighted by atomic mass is 16.5. The molecule has 0 spiro atoms. The number of aromatic nitrogens is 4. The third-order valence-corrected chi connectivity index (χ3v) is 3.86. The van der Waals surface area contributed by atoms with Gasteiger partial charge in [0.05, 0.1) is 12.9 Å². The molecule has 1 aliphatic rings. The molecule has 3 rings (SSSR count). The van der Waals surface area contributed by atoms with Gasteiger partial charge in [0.1, 0.15) is 17.7 Å². The van der Waals surface area contributed by atoms with Gasteiger partial charge in [0.15, 0.2) is 23.5 Å². The third kappa shape index (κ3) is 3.05. The summed E-state index contributed by atoms with van der Waals surface area (Å²) >= 11 is 0. The van der Waals surface area contributed by atoms with Crippen LogP contribution in [0.3, 0.4) is 0 Å². The topological polar surface area (TPSA) is 119 Å². The second-order valence-corrected chi connectivity index (χ2v) is 5.62. The zero-order valence-corrected chi connectivity index (χ0v) is 13.0. The molecule has 0 saturated carbocycles. The van der Waals surface area contributed by atoms with E-state index in [2.05, 4.69) is 21.9 Å². The summed E-state index contributed by atoms with van der Waals surface area (Å²) < 4.78 is 7.01. The molecule has 2 aromatic rings. The molecule has 3 atom stereocenters. The van der Waals surface area contributed by atoms with Gasteiger partial charge in [-0.25, -0.2) is 15.0 Å². The van der Waals surface area contributed by atoms with Crippen molar-refractivity contribution >= 4 is 23.1 Å². The number of nitrogen functional groups attached to an aromatic ring is 1. The van der Waals surface area contributed by atoms with Gasteiger partial charge in [0, 0.05) is 0 Å². The van der Waals surface area contributed by atoms with E-state index >= 15 is 0 Å². The highest BCUT2D eigenvalue weighted by Gasteiger charge is 2.37. The predicted octanol–water partition coefficient (Wildman–Crippen LogP) is 0.862. The van der Waals surface area contributed by atoms with Crippen LogP contribution in [-0.2, 0) is 4.74 Å². The monoisotopic (exact) mass is 319 g/mol. The summed E-state index contributed by atoms with van der Waals surface area (Å²) in [5, 5.41) is 19.7. The molecule has 0 unspecified atom stereocenters. The molecule has 3 heterocycles. The molecular formula is C15H21N5O3. The van der Waals surface area contributed by atoms with Crippen LogP contribution in [0.15, 0.2) is 12.4 Å². The van der Waals surface area contributed by atoms with E-state index in [1.165, 1.54) is 6.33 Å². The number of fused-ring (bicyclic) bond motifs is 1. The molecule has 0 radical (unpaired) electrons. The lowest BCUT2D eigenvalue weighted by Gasteiger charge is -2.16. The molecule has 0 aromatic carbocycles. The lowest BCUT2D eigenvalue weighted by atomic mass is 10.2. The maximum absolute atomic E-state index is 10.0. The molecule has 0 bridgehead atoms. The summed E-state index contributed by atoms with van der Waals surface area (Å²) in [4.78, 5) is 12.9. The Balaban J connectivity index is 1.94. The fourth-order valence-corrected chi connectivity index (χ4v) is 2.56. The van der Waals surface area contributed by atoms with Gasteiger partial charge in [-0.15, -0.1) is 0 Å². The van der Waals surface area contributed by atoms with E-state index in [4.69, 9.17) is 10.5 Å². The molecule has 23 heavy (non-hydrogen) atoms. The van der Waals surface area contributed by atoms with Crippen molar-refractivity contribution in [2.45, 2.75) is 44.6 Å². The Morgan fingerprint density at radius 3 is 2.96 bits per heavy atom. The zero-order valence-electron chi connectivity index (χ0n) is 13.0. The first-order valence-electron chi connectivity index (χ1n) is 7.76. The molecule has 0 amide bonds. The first kappa shape index (κ1) is 15.9. The standard InChI is InChI=1S/C15H21N5O3/c1-2-3-4-5-6-10-18-13(16)11-14(19-10)20(8-17-11)15-12(22)9(21)7-23-15/h5-6,8-9,12,15,21-22H,2-4,7H2,1H3,(H2,16,18,19)/b6-5+/t9-,12-,15+/m0/s1. The van der Waals surface area contributed by atoms with Crippen LogP contribution in [0.1, 0.15) is 38.2 Å². The van der Waals surface area contributed by atoms with Gasteiger partial charge in [0.2, 0.25) is 0 Å². The number of rotatable bonds is 5. The van der Waals surface area contributed by atoms with Gasteiger partial charge in [-0.1, -0.05) is 25.8 Å². The van der Waals surface area contributed by atoms with Gasteiger partial charge in [-0.2, -0.15) is 0 Å². The average molecular weight is 319 g/mol. The van der Waals surface area contributed by atoms with Crippen LogP contribution in [0.5, 0.6) is 0 Å². The maximum atomic E-state index is 10.0. The molecule has 1 aliphatic heterocycles. The fourth-order valence-electron chi connectivity index (χ4n) is 2.56. The van der Waals surface area contributed by atoms with E-state index in [0.717, 1.165) is 19.3 Å². The SMILES string of the molecule is CCCC/C=C/c1nc(N)c2ncn([C@@H]3OC[C@H](O)[C@@H]3O)c2n1. The Bertz CT molecular complexity index is 714. The Kier molecular flexibility index (Phi) is 4.56. The first-order valence-corrected chi connectivity index (χ1v) is 7.76. The third-order valence-electron chi connectivity index (χ3n) is 3.86. The van der Waals surface area contributed by atoms with Crippen LogP contribution in [0, 0.1) is 0 Å². The number of nitrogens with zero attached hydrogens (tertiary/aromatic N) is 4. The van der Waals surface area contributed by atoms with Crippen molar-refractivity contribution < 1.29 is 14.9 Å². The number of hydrogen-bond acceptors (Lipinski definition) is 7. The second kappa shape index (κ2) is 6.61. The van der Waals surface area contributed by atoms with Crippen molar-refractivity contribution in [3.8, 4) is 0 Å². The lowest BCUT2D eigenvalue weighted by Crippen LogP contribution is -2.28. The molecule has 124 valence electrons. The summed E-state index contributed by atoms with van der Waals surface area (Å²) in [5.41, 5.74) is 6.88. The van der Waals surface area contributed by atoms with Gasteiger partial charge >= 0.3 is 0 Å². The van der Waals surface area contributed by atoms with Crippen LogP contribution in [-0.4, -0.2) is 48.5 Å². The van der Waals surface area contributed by atoms with Crippen LogP contribution in [0.25, 0.3) is 17.2 Å². The molecule has 2 aromatic heterocycles. The minimum Gasteiger partial charge on any atom is -0.388 e. The van der Waals surface area contributed by atoms with E-state index < -0.39 is 18.4 Å². The lowest BCUT2D eigenvalue weighted by molar-refractivity contribution is -0.0162. The normalized spacial score (nSPS) is 24.9. The number of allylic oxidation sites excluding steroid dienone is 1. The van der Waals surface area contributed by atoms with E-state index in [0.29, 0.717) is 17.0 Å². The first-order chi connectivity index (χ1) is 11.1. The highest BCUT2D eigenvalue weighted by Crippen LogP contribution is 2.28. The van der Waals surface area contributed by atoms with Crippen molar-refractivity contribution in [2.75, 3.05) is 12.3 Å². The number of aliphatic hydroxyl groups is 2. The largest absolute Gasteiger partial charge is 0.388 e. The van der Waals surface area contributed by atoms with E-state index in [1.54, 1.807) is 4.57 Å². The van der Waals surface area contributed by atoms with Crippen LogP contribution in [0.4, 0.5) is 5.82 Å². The molecule has 0 aliphatic carbocycles. The minimum absolute atomic E-state index is 0.0653. The summed E-state index contributed by atoms with van der Waals surface area (Å²) in [6, 6.07) is 0. The number of aliphatic hydroxyl groups excluding tert-OH is 2. The number of ether oxygens (including phenoxy) is 1. The molecule has 1 saturated heterocycles. The van der Waals surface area contributed by atoms with Gasteiger partial charge in [0.25, 0.3) is 0 Å². The summed E-state index contributed by atoms with van der Waals surface area (Å²) in [7, 11) is 0. The van der Waals surface area contributed by atoms with E-state index in [-0.39, 0.29) is 12.4 Å². The summed E-state index contributed by atoms with van der Waals surface area (Å²) in [6.45, 7) is 2.20. The van der Waals surface area contributed by atoms with Crippen molar-refractivity contribution in [1.82, 2.24) is 19.5 Å². The molecule has 4 N–H and O–H groups in total. The van der Waals surface area contributed by atoms with Gasteiger partial charge < -0.3 is 20.7 Å². The van der Waals surface area contributed by atoms with Gasteiger partial charge in [-0.3, -0.25) is 4.57 Å². The van der Waals surface area contributed by atoms with Crippen LogP contribution < -0.4 is 5.73 Å². The fraction of sp³-hybridized carbons (Fsp3) is 0.533. The Morgan fingerprint density at radius 2 is 2.26 bits per heavy atom.